The average molecular weight is 244 g/mol. The number of benzene rings is 1. The number of nitrogens with one attached hydrogen (secondary N) is 1. The third-order valence-corrected chi connectivity index (χ3v) is 2.49. The lowest BCUT2D eigenvalue weighted by molar-refractivity contribution is -0.113. The predicted molar refractivity (Wildman–Crippen MR) is 67.9 cm³/mol. The summed E-state index contributed by atoms with van der Waals surface area (Å²) >= 11 is 0. The fourth-order valence-corrected chi connectivity index (χ4v) is 1.65. The van der Waals surface area contributed by atoms with E-state index in [1.165, 1.54) is 13.2 Å². The molecule has 0 aliphatic rings. The van der Waals surface area contributed by atoms with E-state index in [1.807, 2.05) is 18.2 Å². The van der Waals surface area contributed by atoms with Crippen LogP contribution in [-0.2, 0) is 9.53 Å². The van der Waals surface area contributed by atoms with Crippen LogP contribution in [0.3, 0.4) is 0 Å². The first-order valence-corrected chi connectivity index (χ1v) is 5.29. The highest BCUT2D eigenvalue weighted by atomic mass is 16.5. The number of primary amides is 1. The van der Waals surface area contributed by atoms with Crippen molar-refractivity contribution in [3.63, 3.8) is 0 Å². The van der Waals surface area contributed by atoms with Gasteiger partial charge in [0, 0.05) is 17.0 Å². The molecule has 2 rings (SSSR count). The number of H-pyrrole nitrogens is 1. The van der Waals surface area contributed by atoms with E-state index in [9.17, 15) is 9.59 Å². The highest BCUT2D eigenvalue weighted by molar-refractivity contribution is 5.96. The van der Waals surface area contributed by atoms with Gasteiger partial charge in [0.05, 0.1) is 7.11 Å². The van der Waals surface area contributed by atoms with Crippen molar-refractivity contribution < 1.29 is 14.3 Å². The second kappa shape index (κ2) is 4.75. The minimum absolute atomic E-state index is 0.392. The first-order chi connectivity index (χ1) is 8.60. The predicted octanol–water partition coefficient (Wildman–Crippen LogP) is 1.45. The maximum Gasteiger partial charge on any atom is 0.354 e. The van der Waals surface area contributed by atoms with E-state index in [-0.39, 0.29) is 0 Å². The summed E-state index contributed by atoms with van der Waals surface area (Å²) in [6, 6.07) is 7.21. The van der Waals surface area contributed by atoms with Crippen LogP contribution in [0.15, 0.2) is 30.3 Å². The second-order valence-corrected chi connectivity index (χ2v) is 3.76. The zero-order valence-electron chi connectivity index (χ0n) is 9.77. The molecule has 0 bridgehead atoms. The number of nitrogens with two attached hydrogens (primary N) is 1. The number of rotatable bonds is 3. The normalized spacial score (nSPS) is 10.9. The molecule has 0 saturated heterocycles. The van der Waals surface area contributed by atoms with E-state index in [1.54, 1.807) is 12.1 Å². The molecule has 92 valence electrons. The maximum absolute atomic E-state index is 11.4. The molecule has 0 fully saturated rings. The molecule has 0 radical (unpaired) electrons. The number of ether oxygens (including phenoxy) is 1. The molecule has 0 unspecified atom stereocenters. The Balaban J connectivity index is 2.39. The van der Waals surface area contributed by atoms with Gasteiger partial charge >= 0.3 is 5.97 Å². The van der Waals surface area contributed by atoms with Crippen molar-refractivity contribution in [3.8, 4) is 0 Å². The van der Waals surface area contributed by atoms with Crippen molar-refractivity contribution in [2.45, 2.75) is 0 Å². The number of hydrogen-bond acceptors (Lipinski definition) is 3. The molecule has 0 spiro atoms. The van der Waals surface area contributed by atoms with Crippen LogP contribution in [0.5, 0.6) is 0 Å². The van der Waals surface area contributed by atoms with Crippen molar-refractivity contribution >= 4 is 28.9 Å². The van der Waals surface area contributed by atoms with Crippen LogP contribution in [0.4, 0.5) is 0 Å². The summed E-state index contributed by atoms with van der Waals surface area (Å²) in [6.45, 7) is 0. The number of aromatic amines is 1. The van der Waals surface area contributed by atoms with E-state index >= 15 is 0 Å². The fourth-order valence-electron chi connectivity index (χ4n) is 1.65. The summed E-state index contributed by atoms with van der Waals surface area (Å²) in [5.41, 5.74) is 7.02. The van der Waals surface area contributed by atoms with E-state index in [4.69, 9.17) is 5.73 Å². The van der Waals surface area contributed by atoms with E-state index in [0.29, 0.717) is 5.69 Å². The third kappa shape index (κ3) is 2.40. The van der Waals surface area contributed by atoms with Crippen LogP contribution in [0, 0.1) is 0 Å². The Morgan fingerprint density at radius 3 is 2.78 bits per heavy atom. The quantitative estimate of drug-likeness (QED) is 0.633. The smallest absolute Gasteiger partial charge is 0.354 e. The van der Waals surface area contributed by atoms with Gasteiger partial charge in [-0.2, -0.15) is 0 Å². The SMILES string of the molecule is COC(=O)c1cc2ccc(C=CC(N)=O)cc2[nH]1. The Morgan fingerprint density at radius 1 is 1.33 bits per heavy atom. The monoisotopic (exact) mass is 244 g/mol. The van der Waals surface area contributed by atoms with Gasteiger partial charge in [-0.05, 0) is 23.8 Å². The van der Waals surface area contributed by atoms with Gasteiger partial charge in [-0.1, -0.05) is 12.1 Å². The molecular formula is C13H12N2O3. The highest BCUT2D eigenvalue weighted by Gasteiger charge is 2.08. The Bertz CT molecular complexity index is 641. The Hall–Kier alpha value is -2.56. The molecule has 1 aromatic heterocycles. The molecule has 0 aliphatic carbocycles. The van der Waals surface area contributed by atoms with Gasteiger partial charge in [0.15, 0.2) is 0 Å². The summed E-state index contributed by atoms with van der Waals surface area (Å²) < 4.78 is 4.63. The minimum atomic E-state index is -0.503. The Labute approximate surface area is 103 Å². The minimum Gasteiger partial charge on any atom is -0.464 e. The van der Waals surface area contributed by atoms with Gasteiger partial charge in [-0.25, -0.2) is 4.79 Å². The standard InChI is InChI=1S/C13H12N2O3/c1-18-13(17)11-7-9-4-2-8(3-5-12(14)16)6-10(9)15-11/h2-7,15H,1H3,(H2,14,16). The number of aromatic nitrogens is 1. The van der Waals surface area contributed by atoms with Crippen molar-refractivity contribution in [3.05, 3.63) is 41.6 Å². The van der Waals surface area contributed by atoms with E-state index in [0.717, 1.165) is 16.5 Å². The molecule has 0 saturated carbocycles. The molecule has 0 aliphatic heterocycles. The summed E-state index contributed by atoms with van der Waals surface area (Å²) in [4.78, 5) is 24.9. The van der Waals surface area contributed by atoms with Crippen LogP contribution in [0.25, 0.3) is 17.0 Å². The van der Waals surface area contributed by atoms with E-state index < -0.39 is 11.9 Å². The van der Waals surface area contributed by atoms with Gasteiger partial charge in [-0.3, -0.25) is 4.79 Å². The average Bonchev–Trinajstić information content (AvgIpc) is 2.78. The number of carbonyl (C=O) groups is 2. The summed E-state index contributed by atoms with van der Waals surface area (Å²) in [5, 5.41) is 0.895. The lowest BCUT2D eigenvalue weighted by Crippen LogP contribution is -2.05. The van der Waals surface area contributed by atoms with Gasteiger partial charge in [0.25, 0.3) is 0 Å². The van der Waals surface area contributed by atoms with Crippen LogP contribution in [0.1, 0.15) is 16.1 Å². The van der Waals surface area contributed by atoms with Crippen LogP contribution < -0.4 is 5.73 Å². The van der Waals surface area contributed by atoms with Gasteiger partial charge in [0.1, 0.15) is 5.69 Å². The number of methoxy groups -OCH3 is 1. The molecule has 5 heteroatoms. The summed E-state index contributed by atoms with van der Waals surface area (Å²) in [6.07, 6.45) is 2.89. The Morgan fingerprint density at radius 2 is 2.11 bits per heavy atom. The first kappa shape index (κ1) is 11.9. The van der Waals surface area contributed by atoms with E-state index in [2.05, 4.69) is 9.72 Å². The summed E-state index contributed by atoms with van der Waals surface area (Å²) in [5.74, 6) is -0.919. The Kier molecular flexibility index (Phi) is 3.14. The molecule has 18 heavy (non-hydrogen) atoms. The fraction of sp³-hybridized carbons (Fsp3) is 0.0769. The molecule has 1 aromatic carbocycles. The molecule has 1 heterocycles. The van der Waals surface area contributed by atoms with Crippen molar-refractivity contribution in [2.75, 3.05) is 7.11 Å². The van der Waals surface area contributed by atoms with Crippen LogP contribution >= 0.6 is 0 Å². The van der Waals surface area contributed by atoms with Crippen LogP contribution in [0.2, 0.25) is 0 Å². The zero-order chi connectivity index (χ0) is 13.1. The third-order valence-electron chi connectivity index (χ3n) is 2.49. The van der Waals surface area contributed by atoms with Gasteiger partial charge in [0.2, 0.25) is 5.91 Å². The number of esters is 1. The van der Waals surface area contributed by atoms with Crippen molar-refractivity contribution in [1.82, 2.24) is 4.98 Å². The molecule has 0 atom stereocenters. The van der Waals surface area contributed by atoms with Crippen LogP contribution in [-0.4, -0.2) is 24.0 Å². The van der Waals surface area contributed by atoms with Gasteiger partial charge < -0.3 is 15.5 Å². The van der Waals surface area contributed by atoms with Crippen molar-refractivity contribution in [2.24, 2.45) is 5.73 Å². The number of hydrogen-bond donors (Lipinski definition) is 2. The number of fused-ring (bicyclic) bond motifs is 1. The molecule has 3 N–H and O–H groups in total. The molecular weight excluding hydrogens is 232 g/mol. The molecule has 5 nitrogen and oxygen atoms in total. The largest absolute Gasteiger partial charge is 0.464 e. The number of amides is 1. The molecule has 1 amide bonds. The molecule has 2 aromatic rings. The zero-order valence-corrected chi connectivity index (χ0v) is 9.77. The lowest BCUT2D eigenvalue weighted by atomic mass is 10.1. The highest BCUT2D eigenvalue weighted by Crippen LogP contribution is 2.18. The van der Waals surface area contributed by atoms with Crippen molar-refractivity contribution in [1.29, 1.82) is 0 Å². The lowest BCUT2D eigenvalue weighted by Gasteiger charge is -1.94. The van der Waals surface area contributed by atoms with Gasteiger partial charge in [-0.15, -0.1) is 0 Å². The second-order valence-electron chi connectivity index (χ2n) is 3.76. The topological polar surface area (TPSA) is 85.2 Å². The summed E-state index contributed by atoms with van der Waals surface area (Å²) in [7, 11) is 1.33. The maximum atomic E-state index is 11.4. The number of carbonyl (C=O) groups excluding carboxylic acids is 2. The first-order valence-electron chi connectivity index (χ1n) is 5.29.